The zero-order valence-corrected chi connectivity index (χ0v) is 11.4. The minimum absolute atomic E-state index is 1.02. The van der Waals surface area contributed by atoms with Crippen molar-refractivity contribution in [3.05, 3.63) is 65.9 Å². The van der Waals surface area contributed by atoms with Crippen molar-refractivity contribution in [3.8, 4) is 11.1 Å². The molecule has 0 saturated carbocycles. The maximum Gasteiger partial charge on any atom is 0.0708 e. The molecule has 1 heteroatoms. The van der Waals surface area contributed by atoms with E-state index in [1.54, 1.807) is 0 Å². The summed E-state index contributed by atoms with van der Waals surface area (Å²) >= 11 is 0. The molecule has 0 amide bonds. The lowest BCUT2D eigenvalue weighted by atomic mass is 9.93. The summed E-state index contributed by atoms with van der Waals surface area (Å²) in [5.74, 6) is 0. The molecule has 3 rings (SSSR count). The van der Waals surface area contributed by atoms with Crippen molar-refractivity contribution in [2.75, 3.05) is 0 Å². The predicted molar refractivity (Wildman–Crippen MR) is 81.3 cm³/mol. The van der Waals surface area contributed by atoms with E-state index in [0.29, 0.717) is 0 Å². The number of para-hydroxylation sites is 1. The highest BCUT2D eigenvalue weighted by Crippen LogP contribution is 2.31. The minimum atomic E-state index is 1.02. The van der Waals surface area contributed by atoms with Gasteiger partial charge in [-0.3, -0.25) is 4.98 Å². The van der Waals surface area contributed by atoms with Crippen LogP contribution in [-0.4, -0.2) is 4.98 Å². The van der Waals surface area contributed by atoms with Crippen LogP contribution in [0.25, 0.3) is 22.0 Å². The van der Waals surface area contributed by atoms with E-state index >= 15 is 0 Å². The van der Waals surface area contributed by atoms with Gasteiger partial charge in [-0.05, 0) is 30.5 Å². The Hall–Kier alpha value is -2.15. The molecule has 2 aromatic carbocycles. The highest BCUT2D eigenvalue weighted by molar-refractivity contribution is 5.89. The normalized spacial score (nSPS) is 10.8. The molecule has 1 aromatic heterocycles. The average molecular weight is 247 g/mol. The van der Waals surface area contributed by atoms with Gasteiger partial charge in [-0.1, -0.05) is 55.5 Å². The minimum Gasteiger partial charge on any atom is -0.252 e. The first-order valence-electron chi connectivity index (χ1n) is 6.75. The van der Waals surface area contributed by atoms with Gasteiger partial charge >= 0.3 is 0 Å². The van der Waals surface area contributed by atoms with E-state index in [-0.39, 0.29) is 0 Å². The summed E-state index contributed by atoms with van der Waals surface area (Å²) in [6, 6.07) is 19.0. The average Bonchev–Trinajstić information content (AvgIpc) is 2.46. The van der Waals surface area contributed by atoms with E-state index in [4.69, 9.17) is 4.98 Å². The maximum atomic E-state index is 4.76. The lowest BCUT2D eigenvalue weighted by Gasteiger charge is -2.14. The zero-order chi connectivity index (χ0) is 13.2. The summed E-state index contributed by atoms with van der Waals surface area (Å²) in [6.45, 7) is 4.32. The SMILES string of the molecule is CCc1c(-c2ccccc2)c(C)nc2ccccc12. The molecular weight excluding hydrogens is 230 g/mol. The van der Waals surface area contributed by atoms with Crippen LogP contribution in [-0.2, 0) is 6.42 Å². The fourth-order valence-corrected chi connectivity index (χ4v) is 2.77. The predicted octanol–water partition coefficient (Wildman–Crippen LogP) is 4.77. The number of pyridine rings is 1. The fraction of sp³-hybridized carbons (Fsp3) is 0.167. The Bertz CT molecular complexity index is 714. The van der Waals surface area contributed by atoms with E-state index < -0.39 is 0 Å². The van der Waals surface area contributed by atoms with Crippen molar-refractivity contribution in [2.45, 2.75) is 20.3 Å². The highest BCUT2D eigenvalue weighted by Gasteiger charge is 2.12. The van der Waals surface area contributed by atoms with Crippen molar-refractivity contribution in [2.24, 2.45) is 0 Å². The monoisotopic (exact) mass is 247 g/mol. The first-order valence-corrected chi connectivity index (χ1v) is 6.75. The van der Waals surface area contributed by atoms with E-state index in [0.717, 1.165) is 17.6 Å². The number of benzene rings is 2. The number of fused-ring (bicyclic) bond motifs is 1. The summed E-state index contributed by atoms with van der Waals surface area (Å²) in [7, 11) is 0. The van der Waals surface area contributed by atoms with Crippen LogP contribution in [0, 0.1) is 6.92 Å². The van der Waals surface area contributed by atoms with E-state index in [9.17, 15) is 0 Å². The van der Waals surface area contributed by atoms with Gasteiger partial charge in [0.15, 0.2) is 0 Å². The molecule has 0 unspecified atom stereocenters. The van der Waals surface area contributed by atoms with Gasteiger partial charge in [0, 0.05) is 16.6 Å². The molecule has 0 bridgehead atoms. The Kier molecular flexibility index (Phi) is 3.04. The van der Waals surface area contributed by atoms with Crippen LogP contribution in [0.1, 0.15) is 18.2 Å². The standard InChI is InChI=1S/C18H17N/c1-3-15-16-11-7-8-12-17(16)19-13(2)18(15)14-9-5-4-6-10-14/h4-12H,3H2,1-2H3. The van der Waals surface area contributed by atoms with Crippen molar-refractivity contribution in [1.82, 2.24) is 4.98 Å². The van der Waals surface area contributed by atoms with Gasteiger partial charge in [-0.15, -0.1) is 0 Å². The van der Waals surface area contributed by atoms with Crippen molar-refractivity contribution in [1.29, 1.82) is 0 Å². The second-order valence-corrected chi connectivity index (χ2v) is 4.79. The van der Waals surface area contributed by atoms with Crippen molar-refractivity contribution >= 4 is 10.9 Å². The van der Waals surface area contributed by atoms with Crippen LogP contribution in [0.4, 0.5) is 0 Å². The summed E-state index contributed by atoms with van der Waals surface area (Å²) in [5.41, 5.74) is 6.16. The van der Waals surface area contributed by atoms with Gasteiger partial charge in [-0.25, -0.2) is 0 Å². The smallest absolute Gasteiger partial charge is 0.0708 e. The van der Waals surface area contributed by atoms with Gasteiger partial charge in [0.05, 0.1) is 5.52 Å². The van der Waals surface area contributed by atoms with Gasteiger partial charge in [0.25, 0.3) is 0 Å². The molecule has 3 aromatic rings. The Morgan fingerprint density at radius 3 is 2.32 bits per heavy atom. The Morgan fingerprint density at radius 1 is 0.895 bits per heavy atom. The number of rotatable bonds is 2. The third kappa shape index (κ3) is 2.01. The molecule has 0 fully saturated rings. The molecule has 1 heterocycles. The Labute approximate surface area is 113 Å². The van der Waals surface area contributed by atoms with Crippen LogP contribution in [0.3, 0.4) is 0 Å². The van der Waals surface area contributed by atoms with Crippen LogP contribution in [0.15, 0.2) is 54.6 Å². The fourth-order valence-electron chi connectivity index (χ4n) is 2.77. The summed E-state index contributed by atoms with van der Waals surface area (Å²) in [4.78, 5) is 4.76. The number of nitrogens with zero attached hydrogens (tertiary/aromatic N) is 1. The molecule has 19 heavy (non-hydrogen) atoms. The quantitative estimate of drug-likeness (QED) is 0.635. The molecule has 0 spiro atoms. The molecule has 0 radical (unpaired) electrons. The largest absolute Gasteiger partial charge is 0.252 e. The summed E-state index contributed by atoms with van der Waals surface area (Å²) < 4.78 is 0. The molecule has 0 aliphatic heterocycles. The summed E-state index contributed by atoms with van der Waals surface area (Å²) in [5, 5.41) is 1.27. The number of aromatic nitrogens is 1. The zero-order valence-electron chi connectivity index (χ0n) is 11.4. The molecule has 0 atom stereocenters. The summed E-state index contributed by atoms with van der Waals surface area (Å²) in [6.07, 6.45) is 1.02. The first kappa shape index (κ1) is 11.9. The van der Waals surface area contributed by atoms with Gasteiger partial charge in [-0.2, -0.15) is 0 Å². The molecular formula is C18H17N. The van der Waals surface area contributed by atoms with Gasteiger partial charge in [0.1, 0.15) is 0 Å². The number of hydrogen-bond donors (Lipinski definition) is 0. The van der Waals surface area contributed by atoms with E-state index in [1.807, 2.05) is 0 Å². The Morgan fingerprint density at radius 2 is 1.58 bits per heavy atom. The van der Waals surface area contributed by atoms with Crippen LogP contribution < -0.4 is 0 Å². The molecule has 1 nitrogen and oxygen atoms in total. The van der Waals surface area contributed by atoms with Gasteiger partial charge in [0.2, 0.25) is 0 Å². The Balaban J connectivity index is 2.38. The molecule has 94 valence electrons. The van der Waals surface area contributed by atoms with Gasteiger partial charge < -0.3 is 0 Å². The lowest BCUT2D eigenvalue weighted by molar-refractivity contribution is 1.13. The lowest BCUT2D eigenvalue weighted by Crippen LogP contribution is -1.97. The molecule has 0 N–H and O–H groups in total. The van der Waals surface area contributed by atoms with Crippen LogP contribution >= 0.6 is 0 Å². The van der Waals surface area contributed by atoms with Crippen LogP contribution in [0.5, 0.6) is 0 Å². The topological polar surface area (TPSA) is 12.9 Å². The second-order valence-electron chi connectivity index (χ2n) is 4.79. The number of hydrogen-bond acceptors (Lipinski definition) is 1. The van der Waals surface area contributed by atoms with Crippen molar-refractivity contribution in [3.63, 3.8) is 0 Å². The maximum absolute atomic E-state index is 4.76. The van der Waals surface area contributed by atoms with E-state index in [1.165, 1.54) is 22.1 Å². The molecule has 0 aliphatic rings. The third-order valence-electron chi connectivity index (χ3n) is 3.60. The highest BCUT2D eigenvalue weighted by atomic mass is 14.7. The number of aryl methyl sites for hydroxylation is 2. The third-order valence-corrected chi connectivity index (χ3v) is 3.60. The molecule has 0 saturated heterocycles. The first-order chi connectivity index (χ1) is 9.31. The van der Waals surface area contributed by atoms with Crippen molar-refractivity contribution < 1.29 is 0 Å². The van der Waals surface area contributed by atoms with Crippen LogP contribution in [0.2, 0.25) is 0 Å². The van der Waals surface area contributed by atoms with E-state index in [2.05, 4.69) is 68.4 Å². The second kappa shape index (κ2) is 4.85. The molecule has 0 aliphatic carbocycles.